The second kappa shape index (κ2) is 3.99. The van der Waals surface area contributed by atoms with Crippen molar-refractivity contribution in [2.45, 2.75) is 37.6 Å². The number of nitrogens with one attached hydrogen (secondary N) is 1. The first-order valence-corrected chi connectivity index (χ1v) is 6.71. The zero-order valence-electron chi connectivity index (χ0n) is 10.7. The van der Waals surface area contributed by atoms with E-state index in [0.717, 1.165) is 12.3 Å². The first kappa shape index (κ1) is 11.0. The molecule has 0 spiro atoms. The summed E-state index contributed by atoms with van der Waals surface area (Å²) < 4.78 is 0. The SMILES string of the molecule is CN[C@]12CC=CC[C@H]1C[C@@H](C)c1ccccc12. The predicted molar refractivity (Wildman–Crippen MR) is 72.1 cm³/mol. The molecule has 3 rings (SSSR count). The molecule has 1 aromatic carbocycles. The van der Waals surface area contributed by atoms with Crippen LogP contribution < -0.4 is 5.32 Å². The molecule has 0 aromatic heterocycles. The van der Waals surface area contributed by atoms with Crippen LogP contribution in [-0.2, 0) is 5.54 Å². The van der Waals surface area contributed by atoms with Gasteiger partial charge in [-0.3, -0.25) is 0 Å². The van der Waals surface area contributed by atoms with Crippen LogP contribution in [0, 0.1) is 5.92 Å². The van der Waals surface area contributed by atoms with Gasteiger partial charge in [-0.25, -0.2) is 0 Å². The Bertz CT molecular complexity index is 449. The van der Waals surface area contributed by atoms with Crippen LogP contribution in [0.1, 0.15) is 43.2 Å². The maximum atomic E-state index is 3.64. The van der Waals surface area contributed by atoms with Crippen molar-refractivity contribution < 1.29 is 0 Å². The van der Waals surface area contributed by atoms with E-state index in [1.807, 2.05) is 0 Å². The largest absolute Gasteiger partial charge is 0.310 e. The molecule has 3 atom stereocenters. The average Bonchev–Trinajstić information content (AvgIpc) is 2.39. The second-order valence-electron chi connectivity index (χ2n) is 5.55. The minimum absolute atomic E-state index is 0.192. The lowest BCUT2D eigenvalue weighted by molar-refractivity contribution is 0.175. The average molecular weight is 227 g/mol. The summed E-state index contributed by atoms with van der Waals surface area (Å²) in [5, 5.41) is 3.64. The molecule has 0 radical (unpaired) electrons. The Kier molecular flexibility index (Phi) is 2.59. The van der Waals surface area contributed by atoms with E-state index < -0.39 is 0 Å². The maximum Gasteiger partial charge on any atom is 0.0501 e. The maximum absolute atomic E-state index is 3.64. The second-order valence-corrected chi connectivity index (χ2v) is 5.55. The van der Waals surface area contributed by atoms with Gasteiger partial charge in [0, 0.05) is 0 Å². The van der Waals surface area contributed by atoms with Crippen molar-refractivity contribution in [2.75, 3.05) is 7.05 Å². The Morgan fingerprint density at radius 3 is 2.88 bits per heavy atom. The molecule has 1 heteroatoms. The molecule has 1 N–H and O–H groups in total. The normalized spacial score (nSPS) is 35.2. The Labute approximate surface area is 104 Å². The van der Waals surface area contributed by atoms with Crippen LogP contribution in [0.4, 0.5) is 0 Å². The van der Waals surface area contributed by atoms with Crippen LogP contribution in [0.15, 0.2) is 36.4 Å². The third-order valence-corrected chi connectivity index (χ3v) is 4.78. The molecule has 1 aromatic rings. The number of allylic oxidation sites excluding steroid dienone is 1. The molecule has 2 aliphatic carbocycles. The van der Waals surface area contributed by atoms with Crippen LogP contribution >= 0.6 is 0 Å². The van der Waals surface area contributed by atoms with Gasteiger partial charge >= 0.3 is 0 Å². The number of hydrogen-bond donors (Lipinski definition) is 1. The van der Waals surface area contributed by atoms with Crippen LogP contribution in [0.25, 0.3) is 0 Å². The van der Waals surface area contributed by atoms with E-state index in [1.54, 1.807) is 5.56 Å². The van der Waals surface area contributed by atoms with Gasteiger partial charge in [0.2, 0.25) is 0 Å². The molecule has 0 aliphatic heterocycles. The molecule has 1 nitrogen and oxygen atoms in total. The molecule has 2 aliphatic rings. The van der Waals surface area contributed by atoms with Gasteiger partial charge in [-0.1, -0.05) is 43.3 Å². The smallest absolute Gasteiger partial charge is 0.0501 e. The molecular weight excluding hydrogens is 206 g/mol. The van der Waals surface area contributed by atoms with Gasteiger partial charge in [0.05, 0.1) is 5.54 Å². The molecule has 0 heterocycles. The first-order chi connectivity index (χ1) is 8.28. The molecular formula is C16H21N. The van der Waals surface area contributed by atoms with Crippen LogP contribution in [0.2, 0.25) is 0 Å². The summed E-state index contributed by atoms with van der Waals surface area (Å²) in [6, 6.07) is 9.00. The molecule has 0 bridgehead atoms. The van der Waals surface area contributed by atoms with Crippen LogP contribution in [-0.4, -0.2) is 7.05 Å². The number of hydrogen-bond acceptors (Lipinski definition) is 1. The van der Waals surface area contributed by atoms with Gasteiger partial charge in [0.15, 0.2) is 0 Å². The highest BCUT2D eigenvalue weighted by atomic mass is 15.0. The van der Waals surface area contributed by atoms with Crippen molar-refractivity contribution in [3.8, 4) is 0 Å². The fraction of sp³-hybridized carbons (Fsp3) is 0.500. The summed E-state index contributed by atoms with van der Waals surface area (Å²) in [6.45, 7) is 2.37. The lowest BCUT2D eigenvalue weighted by Crippen LogP contribution is -2.50. The summed E-state index contributed by atoms with van der Waals surface area (Å²) in [7, 11) is 2.12. The number of fused-ring (bicyclic) bond motifs is 3. The third-order valence-electron chi connectivity index (χ3n) is 4.78. The lowest BCUT2D eigenvalue weighted by Gasteiger charge is -2.48. The van der Waals surface area contributed by atoms with Crippen molar-refractivity contribution in [2.24, 2.45) is 5.92 Å². The van der Waals surface area contributed by atoms with E-state index in [0.29, 0.717) is 5.92 Å². The Hall–Kier alpha value is -1.08. The summed E-state index contributed by atoms with van der Waals surface area (Å²) >= 11 is 0. The van der Waals surface area contributed by atoms with Crippen LogP contribution in [0.5, 0.6) is 0 Å². The van der Waals surface area contributed by atoms with Gasteiger partial charge in [-0.15, -0.1) is 0 Å². The quantitative estimate of drug-likeness (QED) is 0.723. The zero-order chi connectivity index (χ0) is 11.9. The predicted octanol–water partition coefficient (Wildman–Crippen LogP) is 3.57. The van der Waals surface area contributed by atoms with Crippen molar-refractivity contribution >= 4 is 0 Å². The minimum atomic E-state index is 0.192. The van der Waals surface area contributed by atoms with E-state index in [9.17, 15) is 0 Å². The number of benzene rings is 1. The van der Waals surface area contributed by atoms with E-state index >= 15 is 0 Å². The van der Waals surface area contributed by atoms with Gasteiger partial charge in [0.25, 0.3) is 0 Å². The van der Waals surface area contributed by atoms with Gasteiger partial charge in [0.1, 0.15) is 0 Å². The summed E-state index contributed by atoms with van der Waals surface area (Å²) in [4.78, 5) is 0. The fourth-order valence-electron chi connectivity index (χ4n) is 3.85. The topological polar surface area (TPSA) is 12.0 Å². The summed E-state index contributed by atoms with van der Waals surface area (Å²) in [5.41, 5.74) is 3.28. The van der Waals surface area contributed by atoms with E-state index in [4.69, 9.17) is 0 Å². The van der Waals surface area contributed by atoms with E-state index in [2.05, 4.69) is 55.7 Å². The highest BCUT2D eigenvalue weighted by Gasteiger charge is 2.44. The minimum Gasteiger partial charge on any atom is -0.310 e. The third kappa shape index (κ3) is 1.49. The molecule has 0 amide bonds. The zero-order valence-corrected chi connectivity index (χ0v) is 10.7. The van der Waals surface area contributed by atoms with Crippen molar-refractivity contribution in [3.05, 3.63) is 47.5 Å². The summed E-state index contributed by atoms with van der Waals surface area (Å²) in [6.07, 6.45) is 8.38. The Morgan fingerprint density at radius 1 is 1.24 bits per heavy atom. The van der Waals surface area contributed by atoms with E-state index in [1.165, 1.54) is 18.4 Å². The monoisotopic (exact) mass is 227 g/mol. The molecule has 0 unspecified atom stereocenters. The van der Waals surface area contributed by atoms with Gasteiger partial charge < -0.3 is 5.32 Å². The first-order valence-electron chi connectivity index (χ1n) is 6.71. The van der Waals surface area contributed by atoms with Gasteiger partial charge in [-0.2, -0.15) is 0 Å². The Balaban J connectivity index is 2.18. The molecule has 90 valence electrons. The van der Waals surface area contributed by atoms with Crippen molar-refractivity contribution in [1.29, 1.82) is 0 Å². The van der Waals surface area contributed by atoms with Crippen LogP contribution in [0.3, 0.4) is 0 Å². The van der Waals surface area contributed by atoms with Gasteiger partial charge in [-0.05, 0) is 49.3 Å². The van der Waals surface area contributed by atoms with Crippen molar-refractivity contribution in [1.82, 2.24) is 5.32 Å². The highest BCUT2D eigenvalue weighted by molar-refractivity contribution is 5.41. The lowest BCUT2D eigenvalue weighted by atomic mass is 9.62. The summed E-state index contributed by atoms with van der Waals surface area (Å²) in [5.74, 6) is 1.45. The standard InChI is InChI=1S/C16H21N/c1-12-11-13-7-5-6-10-16(13,17-2)15-9-4-3-8-14(12)15/h3-6,8-9,12-13,17H,7,10-11H2,1-2H3/t12-,13+,16-/m1/s1. The fourth-order valence-corrected chi connectivity index (χ4v) is 3.85. The van der Waals surface area contributed by atoms with E-state index in [-0.39, 0.29) is 5.54 Å². The molecule has 0 saturated heterocycles. The highest BCUT2D eigenvalue weighted by Crippen LogP contribution is 2.49. The molecule has 0 saturated carbocycles. The van der Waals surface area contributed by atoms with Crippen molar-refractivity contribution in [3.63, 3.8) is 0 Å². The Morgan fingerprint density at radius 2 is 2.06 bits per heavy atom. The molecule has 17 heavy (non-hydrogen) atoms. The number of rotatable bonds is 1. The molecule has 0 fully saturated rings.